The highest BCUT2D eigenvalue weighted by atomic mass is 35.5. The zero-order valence-corrected chi connectivity index (χ0v) is 11.7. The molecule has 2 heterocycles. The molecule has 2 aliphatic rings. The Bertz CT molecular complexity index is 617. The molecule has 0 aromatic heterocycles. The van der Waals surface area contributed by atoms with Crippen LogP contribution in [0.15, 0.2) is 24.3 Å². The highest BCUT2D eigenvalue weighted by Crippen LogP contribution is 2.42. The van der Waals surface area contributed by atoms with Gasteiger partial charge in [0.2, 0.25) is 0 Å². The van der Waals surface area contributed by atoms with Crippen molar-refractivity contribution in [2.45, 2.75) is 11.3 Å². The number of anilines is 1. The van der Waals surface area contributed by atoms with Gasteiger partial charge in [-0.3, -0.25) is 5.41 Å². The summed E-state index contributed by atoms with van der Waals surface area (Å²) < 4.78 is 23.3. The molecule has 2 atom stereocenters. The van der Waals surface area contributed by atoms with Crippen molar-refractivity contribution < 1.29 is 8.42 Å². The van der Waals surface area contributed by atoms with Gasteiger partial charge in [0, 0.05) is 5.25 Å². The fraction of sp³-hybridized carbons (Fsp3) is 0.364. The molecule has 0 bridgehead atoms. The maximum absolute atomic E-state index is 11.7. The molecule has 0 amide bonds. The predicted octanol–water partition coefficient (Wildman–Crippen LogP) is 1.99. The van der Waals surface area contributed by atoms with E-state index in [9.17, 15) is 8.42 Å². The van der Waals surface area contributed by atoms with Crippen molar-refractivity contribution in [3.8, 4) is 0 Å². The van der Waals surface area contributed by atoms with Gasteiger partial charge >= 0.3 is 0 Å². The van der Waals surface area contributed by atoms with Gasteiger partial charge in [0.25, 0.3) is 0 Å². The van der Waals surface area contributed by atoms with Crippen LogP contribution in [-0.4, -0.2) is 36.4 Å². The van der Waals surface area contributed by atoms with Crippen LogP contribution in [0.3, 0.4) is 0 Å². The fourth-order valence-corrected chi connectivity index (χ4v) is 6.45. The van der Waals surface area contributed by atoms with Gasteiger partial charge in [-0.2, -0.15) is 0 Å². The quantitative estimate of drug-likeness (QED) is 0.862. The Kier molecular flexibility index (Phi) is 2.84. The number of nitrogens with one attached hydrogen (secondary N) is 1. The molecule has 1 N–H and O–H groups in total. The second-order valence-corrected chi connectivity index (χ2v) is 8.22. The van der Waals surface area contributed by atoms with E-state index in [-0.39, 0.29) is 22.8 Å². The van der Waals surface area contributed by atoms with Crippen molar-refractivity contribution in [1.29, 1.82) is 5.41 Å². The van der Waals surface area contributed by atoms with Gasteiger partial charge in [-0.15, -0.1) is 0 Å². The highest BCUT2D eigenvalue weighted by molar-refractivity contribution is 8.15. The first-order chi connectivity index (χ1) is 8.48. The van der Waals surface area contributed by atoms with Crippen LogP contribution in [-0.2, 0) is 9.84 Å². The van der Waals surface area contributed by atoms with E-state index in [1.165, 1.54) is 11.8 Å². The molecule has 4 nitrogen and oxygen atoms in total. The minimum Gasteiger partial charge on any atom is -0.315 e. The summed E-state index contributed by atoms with van der Waals surface area (Å²) in [4.78, 5) is 1.75. The van der Waals surface area contributed by atoms with Crippen molar-refractivity contribution in [2.75, 3.05) is 16.4 Å². The standard InChI is InChI=1S/C11H11ClN2O2S2/c12-7-3-1-2-4-8(7)14-9-5-18(15,16)6-10(9)17-11(14)13/h1-4,9-10,13H,5-6H2. The summed E-state index contributed by atoms with van der Waals surface area (Å²) >= 11 is 7.46. The Balaban J connectivity index is 2.02. The van der Waals surface area contributed by atoms with Crippen LogP contribution in [0, 0.1) is 5.41 Å². The number of para-hydroxylation sites is 1. The Labute approximate surface area is 115 Å². The summed E-state index contributed by atoms with van der Waals surface area (Å²) in [5, 5.41) is 8.89. The minimum atomic E-state index is -2.98. The normalized spacial score (nSPS) is 29.6. The zero-order valence-electron chi connectivity index (χ0n) is 9.34. The molecule has 2 unspecified atom stereocenters. The monoisotopic (exact) mass is 302 g/mol. The smallest absolute Gasteiger partial charge is 0.161 e. The number of rotatable bonds is 1. The molecule has 0 spiro atoms. The number of benzene rings is 1. The number of thioether (sulfide) groups is 1. The van der Waals surface area contributed by atoms with Crippen LogP contribution >= 0.6 is 23.4 Å². The number of nitrogens with zero attached hydrogens (tertiary/aromatic N) is 1. The third-order valence-corrected chi connectivity index (χ3v) is 6.65. The van der Waals surface area contributed by atoms with Crippen LogP contribution in [0.2, 0.25) is 5.02 Å². The number of fused-ring (bicyclic) bond motifs is 1. The lowest BCUT2D eigenvalue weighted by Crippen LogP contribution is -2.37. The molecule has 2 fully saturated rings. The molecular weight excluding hydrogens is 292 g/mol. The van der Waals surface area contributed by atoms with E-state index in [2.05, 4.69) is 0 Å². The molecule has 7 heteroatoms. The Morgan fingerprint density at radius 3 is 2.78 bits per heavy atom. The molecule has 3 rings (SSSR count). The van der Waals surface area contributed by atoms with Crippen LogP contribution in [0.4, 0.5) is 5.69 Å². The lowest BCUT2D eigenvalue weighted by molar-refractivity contribution is 0.601. The maximum Gasteiger partial charge on any atom is 0.161 e. The number of halogens is 1. The second kappa shape index (κ2) is 4.15. The van der Waals surface area contributed by atoms with Gasteiger partial charge in [0.15, 0.2) is 15.0 Å². The molecule has 0 aliphatic carbocycles. The van der Waals surface area contributed by atoms with Gasteiger partial charge < -0.3 is 4.90 Å². The molecule has 2 aliphatic heterocycles. The first kappa shape index (κ1) is 12.3. The van der Waals surface area contributed by atoms with E-state index in [1.54, 1.807) is 11.0 Å². The van der Waals surface area contributed by atoms with Crippen molar-refractivity contribution >= 4 is 44.1 Å². The summed E-state index contributed by atoms with van der Waals surface area (Å²) in [6.45, 7) is 0. The van der Waals surface area contributed by atoms with Gasteiger partial charge in [0.1, 0.15) is 0 Å². The SMILES string of the molecule is N=C1SC2CS(=O)(=O)CC2N1c1ccccc1Cl. The van der Waals surface area contributed by atoms with Crippen molar-refractivity contribution in [3.63, 3.8) is 0 Å². The molecule has 18 heavy (non-hydrogen) atoms. The lowest BCUT2D eigenvalue weighted by atomic mass is 10.2. The number of amidine groups is 1. The van der Waals surface area contributed by atoms with Crippen molar-refractivity contribution in [3.05, 3.63) is 29.3 Å². The highest BCUT2D eigenvalue weighted by Gasteiger charge is 2.48. The van der Waals surface area contributed by atoms with Gasteiger partial charge in [0.05, 0.1) is 28.3 Å². The number of sulfone groups is 1. The predicted molar refractivity (Wildman–Crippen MR) is 75.5 cm³/mol. The zero-order chi connectivity index (χ0) is 12.9. The second-order valence-electron chi connectivity index (χ2n) is 4.43. The van der Waals surface area contributed by atoms with Gasteiger partial charge in [-0.05, 0) is 12.1 Å². The summed E-state index contributed by atoms with van der Waals surface area (Å²) in [5.41, 5.74) is 0.723. The van der Waals surface area contributed by atoms with E-state index in [1.807, 2.05) is 18.2 Å². The van der Waals surface area contributed by atoms with Gasteiger partial charge in [-0.1, -0.05) is 35.5 Å². The maximum atomic E-state index is 11.7. The van der Waals surface area contributed by atoms with E-state index in [0.717, 1.165) is 5.69 Å². The summed E-state index contributed by atoms with van der Waals surface area (Å²) in [5.74, 6) is 0.268. The Morgan fingerprint density at radius 1 is 1.33 bits per heavy atom. The molecule has 1 aromatic rings. The van der Waals surface area contributed by atoms with Gasteiger partial charge in [-0.25, -0.2) is 8.42 Å². The third-order valence-electron chi connectivity index (χ3n) is 3.20. The summed E-state index contributed by atoms with van der Waals surface area (Å²) in [6.07, 6.45) is 0. The van der Waals surface area contributed by atoms with Crippen molar-refractivity contribution in [2.24, 2.45) is 0 Å². The largest absolute Gasteiger partial charge is 0.315 e. The molecule has 0 saturated carbocycles. The van der Waals surface area contributed by atoms with E-state index in [0.29, 0.717) is 10.2 Å². The van der Waals surface area contributed by atoms with Crippen LogP contribution in [0.1, 0.15) is 0 Å². The van der Waals surface area contributed by atoms with Crippen LogP contribution in [0.5, 0.6) is 0 Å². The Hall–Kier alpha value is -0.720. The molecule has 96 valence electrons. The molecule has 1 aromatic carbocycles. The first-order valence-electron chi connectivity index (χ1n) is 5.47. The average Bonchev–Trinajstić information content (AvgIpc) is 2.70. The molecule has 0 radical (unpaired) electrons. The Morgan fingerprint density at radius 2 is 2.06 bits per heavy atom. The average molecular weight is 303 g/mol. The van der Waals surface area contributed by atoms with Crippen LogP contribution < -0.4 is 4.90 Å². The molecule has 2 saturated heterocycles. The fourth-order valence-electron chi connectivity index (χ4n) is 2.44. The third kappa shape index (κ3) is 1.92. The number of hydrogen-bond acceptors (Lipinski definition) is 4. The molecular formula is C11H11ClN2O2S2. The van der Waals surface area contributed by atoms with E-state index >= 15 is 0 Å². The van der Waals surface area contributed by atoms with E-state index < -0.39 is 9.84 Å². The topological polar surface area (TPSA) is 61.2 Å². The van der Waals surface area contributed by atoms with Crippen LogP contribution in [0.25, 0.3) is 0 Å². The first-order valence-corrected chi connectivity index (χ1v) is 8.55. The van der Waals surface area contributed by atoms with E-state index in [4.69, 9.17) is 17.0 Å². The minimum absolute atomic E-state index is 0.0428. The summed E-state index contributed by atoms with van der Waals surface area (Å²) in [7, 11) is -2.98. The van der Waals surface area contributed by atoms with Crippen molar-refractivity contribution in [1.82, 2.24) is 0 Å². The summed E-state index contributed by atoms with van der Waals surface area (Å²) in [6, 6.07) is 7.08. The lowest BCUT2D eigenvalue weighted by Gasteiger charge is -2.24. The number of hydrogen-bond donors (Lipinski definition) is 1.